The molecule has 0 radical (unpaired) electrons. The Bertz CT molecular complexity index is 725. The van der Waals surface area contributed by atoms with Gasteiger partial charge in [0.1, 0.15) is 5.82 Å². The number of carbonyl (C=O) groups excluding carboxylic acids is 3. The molecule has 2 aliphatic rings. The van der Waals surface area contributed by atoms with Crippen molar-refractivity contribution in [3.8, 4) is 0 Å². The number of aryl methyl sites for hydroxylation is 1. The highest BCUT2D eigenvalue weighted by atomic mass is 16.2. The maximum Gasteiger partial charge on any atom is 0.314 e. The average molecular weight is 390 g/mol. The van der Waals surface area contributed by atoms with Crippen LogP contribution in [0.25, 0.3) is 0 Å². The molecule has 2 fully saturated rings. The van der Waals surface area contributed by atoms with Crippen molar-refractivity contribution in [1.29, 1.82) is 0 Å². The lowest BCUT2D eigenvalue weighted by atomic mass is 9.95. The number of rotatable bonds is 5. The first-order valence-corrected chi connectivity index (χ1v) is 10.2. The second kappa shape index (κ2) is 9.18. The largest absolute Gasteiger partial charge is 0.345 e. The van der Waals surface area contributed by atoms with Gasteiger partial charge in [0.2, 0.25) is 5.91 Å². The molecular weight excluding hydrogens is 360 g/mol. The average Bonchev–Trinajstić information content (AvgIpc) is 3.02. The van der Waals surface area contributed by atoms with E-state index in [4.69, 9.17) is 0 Å². The Morgan fingerprint density at radius 2 is 2.00 bits per heavy atom. The Labute approximate surface area is 165 Å². The van der Waals surface area contributed by atoms with Gasteiger partial charge in [-0.2, -0.15) is 5.10 Å². The van der Waals surface area contributed by atoms with Crippen LogP contribution in [0.15, 0.2) is 6.07 Å². The minimum Gasteiger partial charge on any atom is -0.345 e. The van der Waals surface area contributed by atoms with Crippen LogP contribution in [0, 0.1) is 6.92 Å². The number of anilines is 1. The van der Waals surface area contributed by atoms with Crippen LogP contribution >= 0.6 is 0 Å². The second-order valence-corrected chi connectivity index (χ2v) is 7.70. The summed E-state index contributed by atoms with van der Waals surface area (Å²) in [4.78, 5) is 36.7. The Morgan fingerprint density at radius 3 is 2.71 bits per heavy atom. The molecule has 9 heteroatoms. The first kappa shape index (κ1) is 20.3. The fourth-order valence-corrected chi connectivity index (χ4v) is 3.90. The van der Waals surface area contributed by atoms with Crippen molar-refractivity contribution < 1.29 is 14.4 Å². The summed E-state index contributed by atoms with van der Waals surface area (Å²) in [7, 11) is 0. The summed E-state index contributed by atoms with van der Waals surface area (Å²) < 4.78 is 1.51. The molecule has 154 valence electrons. The standard InChI is InChI=1S/C19H30N6O3/c1-3-7-14-11-16(26)23-19(21-14)25-15(10-12(2)24-25)22-18(28)17(27)20-13-8-5-4-6-9-13/h10,13-14,19,21H,3-9,11H2,1-2H3,(H,20,27)(H,22,28)(H,23,26). The van der Waals surface area contributed by atoms with Crippen LogP contribution in [0.3, 0.4) is 0 Å². The van der Waals surface area contributed by atoms with Gasteiger partial charge in [-0.05, 0) is 26.2 Å². The molecule has 1 aliphatic carbocycles. The highest BCUT2D eigenvalue weighted by Crippen LogP contribution is 2.19. The van der Waals surface area contributed by atoms with Gasteiger partial charge in [0.05, 0.1) is 5.69 Å². The Kier molecular flexibility index (Phi) is 6.66. The SMILES string of the molecule is CCCC1CC(=O)NC(n2nc(C)cc2NC(=O)C(=O)NC2CCCCC2)N1. The lowest BCUT2D eigenvalue weighted by Gasteiger charge is -2.32. The summed E-state index contributed by atoms with van der Waals surface area (Å²) in [5.74, 6) is -1.06. The van der Waals surface area contributed by atoms with E-state index < -0.39 is 18.1 Å². The smallest absolute Gasteiger partial charge is 0.314 e. The fourth-order valence-electron chi connectivity index (χ4n) is 3.90. The van der Waals surface area contributed by atoms with E-state index in [1.807, 2.05) is 0 Å². The summed E-state index contributed by atoms with van der Waals surface area (Å²) in [6.45, 7) is 3.86. The van der Waals surface area contributed by atoms with Crippen LogP contribution in [0.4, 0.5) is 5.82 Å². The minimum atomic E-state index is -0.723. The zero-order chi connectivity index (χ0) is 20.1. The van der Waals surface area contributed by atoms with Gasteiger partial charge in [0.15, 0.2) is 6.29 Å². The molecule has 1 aliphatic heterocycles. The van der Waals surface area contributed by atoms with E-state index in [0.29, 0.717) is 17.9 Å². The number of aromatic nitrogens is 2. The fraction of sp³-hybridized carbons (Fsp3) is 0.684. The molecule has 0 aromatic carbocycles. The van der Waals surface area contributed by atoms with Crippen molar-refractivity contribution in [2.75, 3.05) is 5.32 Å². The molecule has 4 N–H and O–H groups in total. The van der Waals surface area contributed by atoms with Crippen molar-refractivity contribution in [2.24, 2.45) is 0 Å². The van der Waals surface area contributed by atoms with E-state index in [2.05, 4.69) is 33.3 Å². The normalized spacial score (nSPS) is 23.1. The van der Waals surface area contributed by atoms with E-state index in [1.54, 1.807) is 13.0 Å². The highest BCUT2D eigenvalue weighted by molar-refractivity contribution is 6.39. The van der Waals surface area contributed by atoms with E-state index >= 15 is 0 Å². The van der Waals surface area contributed by atoms with Crippen molar-refractivity contribution in [1.82, 2.24) is 25.7 Å². The molecule has 0 spiro atoms. The van der Waals surface area contributed by atoms with Crippen LogP contribution in [0.5, 0.6) is 0 Å². The summed E-state index contributed by atoms with van der Waals surface area (Å²) in [5, 5.41) is 16.0. The molecule has 1 saturated carbocycles. The first-order chi connectivity index (χ1) is 13.5. The summed E-state index contributed by atoms with van der Waals surface area (Å²) in [6, 6.07) is 1.79. The molecule has 0 bridgehead atoms. The van der Waals surface area contributed by atoms with Gasteiger partial charge in [0.25, 0.3) is 0 Å². The minimum absolute atomic E-state index is 0.0476. The number of hydrogen-bond acceptors (Lipinski definition) is 5. The van der Waals surface area contributed by atoms with Crippen molar-refractivity contribution >= 4 is 23.5 Å². The highest BCUT2D eigenvalue weighted by Gasteiger charge is 2.29. The molecule has 9 nitrogen and oxygen atoms in total. The van der Waals surface area contributed by atoms with Gasteiger partial charge in [-0.1, -0.05) is 32.6 Å². The van der Waals surface area contributed by atoms with Crippen LogP contribution in [-0.2, 0) is 14.4 Å². The number of carbonyl (C=O) groups is 3. The van der Waals surface area contributed by atoms with Crippen LogP contribution in [0.2, 0.25) is 0 Å². The van der Waals surface area contributed by atoms with Crippen molar-refractivity contribution in [3.63, 3.8) is 0 Å². The van der Waals surface area contributed by atoms with Crippen LogP contribution < -0.4 is 21.3 Å². The first-order valence-electron chi connectivity index (χ1n) is 10.2. The van der Waals surface area contributed by atoms with Gasteiger partial charge in [0, 0.05) is 24.6 Å². The third-order valence-corrected chi connectivity index (χ3v) is 5.25. The second-order valence-electron chi connectivity index (χ2n) is 7.70. The van der Waals surface area contributed by atoms with Gasteiger partial charge < -0.3 is 16.0 Å². The van der Waals surface area contributed by atoms with Gasteiger partial charge in [-0.15, -0.1) is 0 Å². The van der Waals surface area contributed by atoms with E-state index in [-0.39, 0.29) is 18.0 Å². The van der Waals surface area contributed by atoms with E-state index in [1.165, 1.54) is 11.1 Å². The van der Waals surface area contributed by atoms with Gasteiger partial charge >= 0.3 is 11.8 Å². The zero-order valence-corrected chi connectivity index (χ0v) is 16.6. The summed E-state index contributed by atoms with van der Waals surface area (Å²) >= 11 is 0. The molecule has 1 aromatic heterocycles. The molecule has 2 heterocycles. The maximum atomic E-state index is 12.4. The zero-order valence-electron chi connectivity index (χ0n) is 16.6. The molecule has 2 unspecified atom stereocenters. The van der Waals surface area contributed by atoms with Crippen molar-refractivity contribution in [3.05, 3.63) is 11.8 Å². The number of amides is 3. The summed E-state index contributed by atoms with van der Waals surface area (Å²) in [6.07, 6.45) is 6.82. The Balaban J connectivity index is 1.66. The van der Waals surface area contributed by atoms with Gasteiger partial charge in [-0.3, -0.25) is 19.7 Å². The third-order valence-electron chi connectivity index (χ3n) is 5.25. The molecule has 28 heavy (non-hydrogen) atoms. The third kappa shape index (κ3) is 5.09. The molecule has 3 amide bonds. The lowest BCUT2D eigenvalue weighted by Crippen LogP contribution is -2.53. The quantitative estimate of drug-likeness (QED) is 0.566. The Hall–Kier alpha value is -2.42. The van der Waals surface area contributed by atoms with Crippen LogP contribution in [-0.4, -0.2) is 39.6 Å². The molecule has 3 rings (SSSR count). The predicted octanol–water partition coefficient (Wildman–Crippen LogP) is 1.31. The topological polar surface area (TPSA) is 117 Å². The Morgan fingerprint density at radius 1 is 1.25 bits per heavy atom. The monoisotopic (exact) mass is 390 g/mol. The van der Waals surface area contributed by atoms with E-state index in [9.17, 15) is 14.4 Å². The predicted molar refractivity (Wildman–Crippen MR) is 104 cm³/mol. The van der Waals surface area contributed by atoms with E-state index in [0.717, 1.165) is 38.5 Å². The molecule has 2 atom stereocenters. The lowest BCUT2D eigenvalue weighted by molar-refractivity contribution is -0.136. The number of nitrogens with one attached hydrogen (secondary N) is 4. The van der Waals surface area contributed by atoms with Gasteiger partial charge in [-0.25, -0.2) is 4.68 Å². The molecule has 1 aromatic rings. The maximum absolute atomic E-state index is 12.4. The summed E-state index contributed by atoms with van der Waals surface area (Å²) in [5.41, 5.74) is 0.677. The molecular formula is C19H30N6O3. The van der Waals surface area contributed by atoms with Crippen molar-refractivity contribution in [2.45, 2.75) is 83.6 Å². The van der Waals surface area contributed by atoms with Crippen LogP contribution in [0.1, 0.15) is 70.3 Å². The number of hydrogen-bond donors (Lipinski definition) is 4. The molecule has 1 saturated heterocycles. The number of nitrogens with zero attached hydrogens (tertiary/aromatic N) is 2.